The van der Waals surface area contributed by atoms with Crippen LogP contribution in [0.5, 0.6) is 5.75 Å². The first-order chi connectivity index (χ1) is 7.20. The molecule has 1 aromatic carbocycles. The summed E-state index contributed by atoms with van der Waals surface area (Å²) in [6.45, 7) is 0. The predicted molar refractivity (Wildman–Crippen MR) is 62.9 cm³/mol. The van der Waals surface area contributed by atoms with Gasteiger partial charge in [0.15, 0.2) is 5.13 Å². The molecule has 0 bridgehead atoms. The molecule has 0 fully saturated rings. The molecular formula is C10H11N3OS. The summed E-state index contributed by atoms with van der Waals surface area (Å²) in [6, 6.07) is 5.55. The Morgan fingerprint density at radius 3 is 2.67 bits per heavy atom. The van der Waals surface area contributed by atoms with Gasteiger partial charge in [0.1, 0.15) is 5.75 Å². The minimum Gasteiger partial charge on any atom is -0.495 e. The number of nitrogens with zero attached hydrogens (tertiary/aromatic N) is 1. The molecule has 0 amide bonds. The highest BCUT2D eigenvalue weighted by Crippen LogP contribution is 2.29. The third-order valence-corrected chi connectivity index (χ3v) is 2.72. The van der Waals surface area contributed by atoms with Gasteiger partial charge in [0.05, 0.1) is 18.5 Å². The Morgan fingerprint density at radius 2 is 2.13 bits per heavy atom. The van der Waals surface area contributed by atoms with E-state index in [4.69, 9.17) is 16.2 Å². The zero-order valence-electron chi connectivity index (χ0n) is 8.23. The fourth-order valence-electron chi connectivity index (χ4n) is 1.31. The van der Waals surface area contributed by atoms with Gasteiger partial charge in [0.2, 0.25) is 0 Å². The van der Waals surface area contributed by atoms with Crippen molar-refractivity contribution in [3.63, 3.8) is 0 Å². The number of anilines is 2. The van der Waals surface area contributed by atoms with Crippen molar-refractivity contribution < 1.29 is 4.74 Å². The molecule has 2 rings (SSSR count). The van der Waals surface area contributed by atoms with Crippen molar-refractivity contribution in [1.29, 1.82) is 0 Å². The zero-order valence-corrected chi connectivity index (χ0v) is 9.04. The Balaban J connectivity index is 2.42. The molecule has 78 valence electrons. The SMILES string of the molecule is COc1ccc(-c2csc(N)n2)cc1N. The molecule has 0 unspecified atom stereocenters. The number of benzene rings is 1. The number of nitrogen functional groups attached to an aromatic ring is 2. The van der Waals surface area contributed by atoms with Crippen LogP contribution in [0, 0.1) is 0 Å². The quantitative estimate of drug-likeness (QED) is 0.760. The molecule has 0 aliphatic rings. The fourth-order valence-corrected chi connectivity index (χ4v) is 1.89. The smallest absolute Gasteiger partial charge is 0.180 e. The third kappa shape index (κ3) is 1.87. The lowest BCUT2D eigenvalue weighted by atomic mass is 10.1. The highest BCUT2D eigenvalue weighted by molar-refractivity contribution is 7.13. The minimum absolute atomic E-state index is 0.555. The number of hydrogen-bond donors (Lipinski definition) is 2. The van der Waals surface area contributed by atoms with E-state index in [0.717, 1.165) is 11.3 Å². The van der Waals surface area contributed by atoms with Crippen LogP contribution in [0.1, 0.15) is 0 Å². The summed E-state index contributed by atoms with van der Waals surface area (Å²) in [5, 5.41) is 2.45. The molecule has 0 aliphatic carbocycles. The van der Waals surface area contributed by atoms with Crippen LogP contribution in [0.3, 0.4) is 0 Å². The second-order valence-corrected chi connectivity index (χ2v) is 3.92. The molecule has 1 heterocycles. The molecule has 1 aromatic heterocycles. The molecule has 0 radical (unpaired) electrons. The lowest BCUT2D eigenvalue weighted by Gasteiger charge is -2.05. The van der Waals surface area contributed by atoms with Crippen LogP contribution in [0.2, 0.25) is 0 Å². The zero-order chi connectivity index (χ0) is 10.8. The molecule has 4 N–H and O–H groups in total. The summed E-state index contributed by atoms with van der Waals surface area (Å²) in [4.78, 5) is 4.18. The number of rotatable bonds is 2. The molecular weight excluding hydrogens is 210 g/mol. The average molecular weight is 221 g/mol. The number of thiazole rings is 1. The molecule has 2 aromatic rings. The lowest BCUT2D eigenvalue weighted by Crippen LogP contribution is -1.92. The van der Waals surface area contributed by atoms with Gasteiger partial charge in [0, 0.05) is 10.9 Å². The van der Waals surface area contributed by atoms with Crippen LogP contribution in [0.4, 0.5) is 10.8 Å². The molecule has 0 saturated carbocycles. The summed E-state index contributed by atoms with van der Waals surface area (Å²) in [6.07, 6.45) is 0. The molecule has 0 aliphatic heterocycles. The van der Waals surface area contributed by atoms with Crippen LogP contribution in [0.25, 0.3) is 11.3 Å². The van der Waals surface area contributed by atoms with Crippen molar-refractivity contribution in [3.05, 3.63) is 23.6 Å². The first-order valence-electron chi connectivity index (χ1n) is 4.35. The molecule has 0 saturated heterocycles. The van der Waals surface area contributed by atoms with E-state index in [1.807, 2.05) is 23.6 Å². The Kier molecular flexibility index (Phi) is 2.47. The number of aromatic nitrogens is 1. The maximum absolute atomic E-state index is 5.80. The van der Waals surface area contributed by atoms with Crippen LogP contribution in [0.15, 0.2) is 23.6 Å². The van der Waals surface area contributed by atoms with E-state index in [0.29, 0.717) is 16.6 Å². The van der Waals surface area contributed by atoms with Crippen LogP contribution >= 0.6 is 11.3 Å². The predicted octanol–water partition coefficient (Wildman–Crippen LogP) is 1.98. The normalized spacial score (nSPS) is 10.2. The Labute approximate surface area is 91.5 Å². The van der Waals surface area contributed by atoms with E-state index in [-0.39, 0.29) is 0 Å². The van der Waals surface area contributed by atoms with Crippen molar-refractivity contribution in [3.8, 4) is 17.0 Å². The first kappa shape index (κ1) is 9.79. The van der Waals surface area contributed by atoms with Crippen LogP contribution in [-0.2, 0) is 0 Å². The van der Waals surface area contributed by atoms with Gasteiger partial charge in [-0.3, -0.25) is 0 Å². The molecule has 4 nitrogen and oxygen atoms in total. The van der Waals surface area contributed by atoms with Crippen LogP contribution in [-0.4, -0.2) is 12.1 Å². The van der Waals surface area contributed by atoms with Gasteiger partial charge >= 0.3 is 0 Å². The van der Waals surface area contributed by atoms with Crippen molar-refractivity contribution in [2.24, 2.45) is 0 Å². The van der Waals surface area contributed by atoms with Gasteiger partial charge in [-0.15, -0.1) is 11.3 Å². The van der Waals surface area contributed by atoms with Gasteiger partial charge in [-0.25, -0.2) is 4.98 Å². The van der Waals surface area contributed by atoms with Gasteiger partial charge in [-0.2, -0.15) is 0 Å². The largest absolute Gasteiger partial charge is 0.495 e. The van der Waals surface area contributed by atoms with E-state index in [1.165, 1.54) is 11.3 Å². The molecule has 15 heavy (non-hydrogen) atoms. The Hall–Kier alpha value is -1.75. The summed E-state index contributed by atoms with van der Waals surface area (Å²) < 4.78 is 5.07. The summed E-state index contributed by atoms with van der Waals surface area (Å²) in [5.41, 5.74) is 13.7. The van der Waals surface area contributed by atoms with E-state index in [1.54, 1.807) is 7.11 Å². The molecule has 5 heteroatoms. The average Bonchev–Trinajstić information content (AvgIpc) is 2.65. The fraction of sp³-hybridized carbons (Fsp3) is 0.100. The van der Waals surface area contributed by atoms with Gasteiger partial charge < -0.3 is 16.2 Å². The third-order valence-electron chi connectivity index (χ3n) is 2.05. The highest BCUT2D eigenvalue weighted by Gasteiger charge is 2.05. The van der Waals surface area contributed by atoms with E-state index >= 15 is 0 Å². The van der Waals surface area contributed by atoms with Gasteiger partial charge in [-0.1, -0.05) is 0 Å². The monoisotopic (exact) mass is 221 g/mol. The van der Waals surface area contributed by atoms with Gasteiger partial charge in [-0.05, 0) is 18.2 Å². The number of methoxy groups -OCH3 is 1. The van der Waals surface area contributed by atoms with Crippen molar-refractivity contribution in [2.75, 3.05) is 18.6 Å². The molecule has 0 atom stereocenters. The number of nitrogens with two attached hydrogens (primary N) is 2. The maximum atomic E-state index is 5.80. The second-order valence-electron chi connectivity index (χ2n) is 3.03. The number of ether oxygens (including phenoxy) is 1. The maximum Gasteiger partial charge on any atom is 0.180 e. The molecule has 0 spiro atoms. The minimum atomic E-state index is 0.555. The van der Waals surface area contributed by atoms with Crippen molar-refractivity contribution in [2.45, 2.75) is 0 Å². The topological polar surface area (TPSA) is 74.2 Å². The van der Waals surface area contributed by atoms with Crippen molar-refractivity contribution >= 4 is 22.2 Å². The second kappa shape index (κ2) is 3.78. The van der Waals surface area contributed by atoms with Crippen molar-refractivity contribution in [1.82, 2.24) is 4.98 Å². The Bertz CT molecular complexity index is 481. The first-order valence-corrected chi connectivity index (χ1v) is 5.23. The standard InChI is InChI=1S/C10H11N3OS/c1-14-9-3-2-6(4-7(9)11)8-5-15-10(12)13-8/h2-5H,11H2,1H3,(H2,12,13). The summed E-state index contributed by atoms with van der Waals surface area (Å²) in [5.74, 6) is 0.668. The van der Waals surface area contributed by atoms with E-state index in [2.05, 4.69) is 4.98 Å². The summed E-state index contributed by atoms with van der Waals surface area (Å²) >= 11 is 1.41. The Morgan fingerprint density at radius 1 is 1.33 bits per heavy atom. The highest BCUT2D eigenvalue weighted by atomic mass is 32.1. The van der Waals surface area contributed by atoms with Crippen LogP contribution < -0.4 is 16.2 Å². The van der Waals surface area contributed by atoms with Gasteiger partial charge in [0.25, 0.3) is 0 Å². The van der Waals surface area contributed by atoms with E-state index < -0.39 is 0 Å². The number of hydrogen-bond acceptors (Lipinski definition) is 5. The summed E-state index contributed by atoms with van der Waals surface area (Å²) in [7, 11) is 1.59. The lowest BCUT2D eigenvalue weighted by molar-refractivity contribution is 0.417. The van der Waals surface area contributed by atoms with E-state index in [9.17, 15) is 0 Å².